The number of hydrogen-bond donors (Lipinski definition) is 2. The number of carbonyl (C=O) groups is 2. The van der Waals surface area contributed by atoms with Crippen LogP contribution in [0.5, 0.6) is 0 Å². The predicted octanol–water partition coefficient (Wildman–Crippen LogP) is 1.45. The van der Waals surface area contributed by atoms with E-state index in [1.807, 2.05) is 6.07 Å². The molecule has 3 rings (SSSR count). The van der Waals surface area contributed by atoms with E-state index in [4.69, 9.17) is 4.74 Å². The van der Waals surface area contributed by atoms with Crippen molar-refractivity contribution in [2.24, 2.45) is 0 Å². The standard InChI is InChI=1S/C21H25N3O3/c1-27-20(25)18-9-5-6-10-19(18)22-21(26)24-15-13-23(14-16-24)12-11-17-7-3-2-4-8-17/h2-10H,11-16H2,1H3,(H,22,26)/p+1. The minimum Gasteiger partial charge on any atom is -0.465 e. The lowest BCUT2D eigenvalue weighted by atomic mass is 10.1. The fraction of sp³-hybridized carbons (Fsp3) is 0.333. The molecule has 1 saturated heterocycles. The second-order valence-electron chi connectivity index (χ2n) is 6.69. The molecule has 1 fully saturated rings. The Hall–Kier alpha value is -2.86. The van der Waals surface area contributed by atoms with Crippen LogP contribution in [0.3, 0.4) is 0 Å². The van der Waals surface area contributed by atoms with E-state index in [0.717, 1.165) is 26.1 Å². The van der Waals surface area contributed by atoms with Gasteiger partial charge in [0.2, 0.25) is 0 Å². The number of methoxy groups -OCH3 is 1. The zero-order valence-corrected chi connectivity index (χ0v) is 15.6. The Labute approximate surface area is 159 Å². The Kier molecular flexibility index (Phi) is 6.44. The Bertz CT molecular complexity index is 771. The Morgan fingerprint density at radius 2 is 1.70 bits per heavy atom. The monoisotopic (exact) mass is 368 g/mol. The van der Waals surface area contributed by atoms with Gasteiger partial charge in [-0.25, -0.2) is 9.59 Å². The van der Waals surface area contributed by atoms with E-state index in [0.29, 0.717) is 24.3 Å². The van der Waals surface area contributed by atoms with Crippen molar-refractivity contribution in [2.45, 2.75) is 6.42 Å². The molecule has 6 heteroatoms. The van der Waals surface area contributed by atoms with Crippen molar-refractivity contribution in [2.75, 3.05) is 45.2 Å². The molecule has 0 unspecified atom stereocenters. The number of carbonyl (C=O) groups excluding carboxylic acids is 2. The first-order valence-corrected chi connectivity index (χ1v) is 9.28. The van der Waals surface area contributed by atoms with Gasteiger partial charge in [0.15, 0.2) is 0 Å². The van der Waals surface area contributed by atoms with Crippen LogP contribution in [-0.2, 0) is 11.2 Å². The minimum absolute atomic E-state index is 0.173. The number of rotatable bonds is 5. The number of nitrogens with zero attached hydrogens (tertiary/aromatic N) is 1. The van der Waals surface area contributed by atoms with E-state index in [1.54, 1.807) is 29.2 Å². The fourth-order valence-electron chi connectivity index (χ4n) is 3.32. The van der Waals surface area contributed by atoms with E-state index in [9.17, 15) is 9.59 Å². The lowest BCUT2D eigenvalue weighted by Crippen LogP contribution is -3.15. The molecule has 2 amide bonds. The average Bonchev–Trinajstić information content (AvgIpc) is 2.73. The van der Waals surface area contributed by atoms with Gasteiger partial charge < -0.3 is 19.9 Å². The zero-order chi connectivity index (χ0) is 19.1. The normalized spacial score (nSPS) is 14.6. The van der Waals surface area contributed by atoms with E-state index in [-0.39, 0.29) is 6.03 Å². The molecule has 0 radical (unpaired) electrons. The molecule has 1 heterocycles. The molecule has 1 aliphatic heterocycles. The number of amides is 2. The number of nitrogens with one attached hydrogen (secondary N) is 2. The van der Waals surface area contributed by atoms with Crippen LogP contribution in [0.2, 0.25) is 0 Å². The average molecular weight is 368 g/mol. The van der Waals surface area contributed by atoms with Gasteiger partial charge in [-0.1, -0.05) is 42.5 Å². The van der Waals surface area contributed by atoms with Gasteiger partial charge in [-0.05, 0) is 17.7 Å². The summed E-state index contributed by atoms with van der Waals surface area (Å²) in [6.45, 7) is 4.34. The smallest absolute Gasteiger partial charge is 0.339 e. The van der Waals surface area contributed by atoms with Crippen LogP contribution in [0.15, 0.2) is 54.6 Å². The number of quaternary nitrogens is 1. The topological polar surface area (TPSA) is 63.1 Å². The van der Waals surface area contributed by atoms with Gasteiger partial charge >= 0.3 is 12.0 Å². The maximum atomic E-state index is 12.6. The predicted molar refractivity (Wildman–Crippen MR) is 104 cm³/mol. The molecule has 142 valence electrons. The van der Waals surface area contributed by atoms with Crippen LogP contribution in [0.1, 0.15) is 15.9 Å². The molecule has 27 heavy (non-hydrogen) atoms. The molecule has 1 aliphatic rings. The van der Waals surface area contributed by atoms with Crippen LogP contribution >= 0.6 is 0 Å². The summed E-state index contributed by atoms with van der Waals surface area (Å²) in [5.41, 5.74) is 2.19. The molecule has 0 spiro atoms. The summed E-state index contributed by atoms with van der Waals surface area (Å²) >= 11 is 0. The van der Waals surface area contributed by atoms with E-state index >= 15 is 0 Å². The number of esters is 1. The molecule has 2 aromatic rings. The summed E-state index contributed by atoms with van der Waals surface area (Å²) in [4.78, 5) is 27.7. The van der Waals surface area contributed by atoms with Gasteiger partial charge in [0, 0.05) is 6.42 Å². The van der Waals surface area contributed by atoms with Gasteiger partial charge in [-0.3, -0.25) is 0 Å². The molecule has 6 nitrogen and oxygen atoms in total. The second kappa shape index (κ2) is 9.19. The van der Waals surface area contributed by atoms with Gasteiger partial charge in [0.1, 0.15) is 0 Å². The summed E-state index contributed by atoms with van der Waals surface area (Å²) in [6.07, 6.45) is 1.05. The Balaban J connectivity index is 1.50. The van der Waals surface area contributed by atoms with Gasteiger partial charge in [0.05, 0.1) is 51.1 Å². The van der Waals surface area contributed by atoms with Gasteiger partial charge in [-0.15, -0.1) is 0 Å². The summed E-state index contributed by atoms with van der Waals surface area (Å²) < 4.78 is 4.77. The number of benzene rings is 2. The molecule has 0 bridgehead atoms. The quantitative estimate of drug-likeness (QED) is 0.786. The maximum absolute atomic E-state index is 12.6. The highest BCUT2D eigenvalue weighted by atomic mass is 16.5. The third-order valence-corrected chi connectivity index (χ3v) is 4.94. The Morgan fingerprint density at radius 3 is 2.41 bits per heavy atom. The second-order valence-corrected chi connectivity index (χ2v) is 6.69. The van der Waals surface area contributed by atoms with Crippen molar-refractivity contribution in [3.8, 4) is 0 Å². The largest absolute Gasteiger partial charge is 0.465 e. The summed E-state index contributed by atoms with van der Waals surface area (Å²) in [5, 5.41) is 2.85. The molecule has 0 saturated carbocycles. The molecular formula is C21H26N3O3+. The van der Waals surface area contributed by atoms with Crippen LogP contribution in [0.25, 0.3) is 0 Å². The third kappa shape index (κ3) is 5.08. The lowest BCUT2D eigenvalue weighted by Gasteiger charge is -2.32. The highest BCUT2D eigenvalue weighted by Crippen LogP contribution is 2.16. The highest BCUT2D eigenvalue weighted by molar-refractivity contribution is 6.00. The Morgan fingerprint density at radius 1 is 1.04 bits per heavy atom. The van der Waals surface area contributed by atoms with Crippen molar-refractivity contribution in [3.05, 3.63) is 65.7 Å². The number of anilines is 1. The maximum Gasteiger partial charge on any atom is 0.339 e. The van der Waals surface area contributed by atoms with Crippen LogP contribution < -0.4 is 10.2 Å². The molecule has 0 aromatic heterocycles. The molecule has 2 N–H and O–H groups in total. The molecule has 2 aromatic carbocycles. The van der Waals surface area contributed by atoms with Crippen molar-refractivity contribution in [1.29, 1.82) is 0 Å². The number of ether oxygens (including phenoxy) is 1. The lowest BCUT2D eigenvalue weighted by molar-refractivity contribution is -0.903. The first kappa shape index (κ1) is 18.9. The fourth-order valence-corrected chi connectivity index (χ4v) is 3.32. The van der Waals surface area contributed by atoms with Gasteiger partial charge in [-0.2, -0.15) is 0 Å². The third-order valence-electron chi connectivity index (χ3n) is 4.94. The summed E-state index contributed by atoms with van der Waals surface area (Å²) in [6, 6.07) is 17.2. The van der Waals surface area contributed by atoms with Crippen LogP contribution in [0, 0.1) is 0 Å². The van der Waals surface area contributed by atoms with E-state index in [2.05, 4.69) is 29.6 Å². The van der Waals surface area contributed by atoms with E-state index < -0.39 is 5.97 Å². The van der Waals surface area contributed by atoms with Crippen molar-refractivity contribution < 1.29 is 19.2 Å². The van der Waals surface area contributed by atoms with E-state index in [1.165, 1.54) is 17.6 Å². The number of para-hydroxylation sites is 1. The van der Waals surface area contributed by atoms with Crippen LogP contribution in [-0.4, -0.2) is 56.7 Å². The van der Waals surface area contributed by atoms with Gasteiger partial charge in [0.25, 0.3) is 0 Å². The minimum atomic E-state index is -0.457. The van der Waals surface area contributed by atoms with Crippen molar-refractivity contribution in [3.63, 3.8) is 0 Å². The first-order chi connectivity index (χ1) is 13.2. The SMILES string of the molecule is COC(=O)c1ccccc1NC(=O)N1CC[NH+](CCc2ccccc2)CC1. The summed E-state index contributed by atoms with van der Waals surface area (Å²) in [5.74, 6) is -0.457. The molecule has 0 atom stereocenters. The van der Waals surface area contributed by atoms with Crippen LogP contribution in [0.4, 0.5) is 10.5 Å². The molecular weight excluding hydrogens is 342 g/mol. The zero-order valence-electron chi connectivity index (χ0n) is 15.6. The first-order valence-electron chi connectivity index (χ1n) is 9.28. The number of piperazine rings is 1. The van der Waals surface area contributed by atoms with Crippen molar-refractivity contribution in [1.82, 2.24) is 4.90 Å². The van der Waals surface area contributed by atoms with Crippen molar-refractivity contribution >= 4 is 17.7 Å². The number of urea groups is 1. The number of hydrogen-bond acceptors (Lipinski definition) is 3. The summed E-state index contributed by atoms with van der Waals surface area (Å²) in [7, 11) is 1.33. The highest BCUT2D eigenvalue weighted by Gasteiger charge is 2.24. The molecule has 0 aliphatic carbocycles.